The zero-order chi connectivity index (χ0) is 14.4. The van der Waals surface area contributed by atoms with Crippen molar-refractivity contribution >= 4 is 0 Å². The Kier molecular flexibility index (Phi) is 6.02. The van der Waals surface area contributed by atoms with Crippen LogP contribution >= 0.6 is 0 Å². The predicted octanol–water partition coefficient (Wildman–Crippen LogP) is 2.62. The molecular weight excluding hydrogens is 248 g/mol. The molecule has 1 aliphatic rings. The number of nitrogens with zero attached hydrogens (tertiary/aromatic N) is 1. The second kappa shape index (κ2) is 7.77. The lowest BCUT2D eigenvalue weighted by molar-refractivity contribution is 0.0171. The molecule has 1 unspecified atom stereocenters. The molecule has 0 radical (unpaired) electrons. The molecule has 3 nitrogen and oxygen atoms in total. The lowest BCUT2D eigenvalue weighted by Gasteiger charge is -2.31. The average Bonchev–Trinajstić information content (AvgIpc) is 2.46. The van der Waals surface area contributed by atoms with Crippen molar-refractivity contribution in [2.24, 2.45) is 0 Å². The SMILES string of the molecule is CCN(CCNC(C)C)CC1OCCc2ccccc21. The van der Waals surface area contributed by atoms with Crippen molar-refractivity contribution in [3.63, 3.8) is 0 Å². The number of likely N-dealkylation sites (N-methyl/N-ethyl adjacent to an activating group) is 1. The van der Waals surface area contributed by atoms with Crippen LogP contribution in [-0.2, 0) is 11.2 Å². The maximum absolute atomic E-state index is 6.00. The molecule has 0 spiro atoms. The Morgan fingerprint density at radius 2 is 2.15 bits per heavy atom. The summed E-state index contributed by atoms with van der Waals surface area (Å²) in [5.41, 5.74) is 2.84. The minimum absolute atomic E-state index is 0.235. The van der Waals surface area contributed by atoms with Gasteiger partial charge in [-0.05, 0) is 24.1 Å². The van der Waals surface area contributed by atoms with Crippen LogP contribution < -0.4 is 5.32 Å². The summed E-state index contributed by atoms with van der Waals surface area (Å²) in [6, 6.07) is 9.27. The van der Waals surface area contributed by atoms with Crippen molar-refractivity contribution in [2.75, 3.05) is 32.8 Å². The average molecular weight is 276 g/mol. The zero-order valence-corrected chi connectivity index (χ0v) is 13.1. The summed E-state index contributed by atoms with van der Waals surface area (Å²) in [6.07, 6.45) is 1.28. The Morgan fingerprint density at radius 1 is 1.35 bits per heavy atom. The second-order valence-electron chi connectivity index (χ2n) is 5.81. The van der Waals surface area contributed by atoms with E-state index in [2.05, 4.69) is 55.3 Å². The normalized spacial score (nSPS) is 18.6. The van der Waals surface area contributed by atoms with Crippen LogP contribution in [0.3, 0.4) is 0 Å². The predicted molar refractivity (Wildman–Crippen MR) is 84.1 cm³/mol. The number of fused-ring (bicyclic) bond motifs is 1. The van der Waals surface area contributed by atoms with Crippen molar-refractivity contribution < 1.29 is 4.74 Å². The molecule has 1 heterocycles. The first-order valence-electron chi connectivity index (χ1n) is 7.85. The molecular formula is C17H28N2O. The summed E-state index contributed by atoms with van der Waals surface area (Å²) in [7, 11) is 0. The summed E-state index contributed by atoms with van der Waals surface area (Å²) in [4.78, 5) is 2.47. The van der Waals surface area contributed by atoms with Gasteiger partial charge in [0.2, 0.25) is 0 Å². The van der Waals surface area contributed by atoms with E-state index in [0.29, 0.717) is 6.04 Å². The fourth-order valence-electron chi connectivity index (χ4n) is 2.75. The molecule has 0 saturated heterocycles. The molecule has 0 bridgehead atoms. The van der Waals surface area contributed by atoms with Gasteiger partial charge in [0.25, 0.3) is 0 Å². The molecule has 1 N–H and O–H groups in total. The summed E-state index contributed by atoms with van der Waals surface area (Å²) >= 11 is 0. The van der Waals surface area contributed by atoms with E-state index >= 15 is 0 Å². The molecule has 20 heavy (non-hydrogen) atoms. The van der Waals surface area contributed by atoms with Crippen LogP contribution in [0, 0.1) is 0 Å². The molecule has 1 aromatic carbocycles. The third-order valence-corrected chi connectivity index (χ3v) is 3.94. The number of ether oxygens (including phenoxy) is 1. The molecule has 112 valence electrons. The monoisotopic (exact) mass is 276 g/mol. The highest BCUT2D eigenvalue weighted by molar-refractivity contribution is 5.31. The molecule has 0 amide bonds. The third kappa shape index (κ3) is 4.30. The summed E-state index contributed by atoms with van der Waals surface area (Å²) in [6.45, 7) is 11.6. The number of hydrogen-bond donors (Lipinski definition) is 1. The molecule has 1 aromatic rings. The minimum atomic E-state index is 0.235. The summed E-state index contributed by atoms with van der Waals surface area (Å²) < 4.78 is 6.00. The fourth-order valence-corrected chi connectivity index (χ4v) is 2.75. The Bertz CT molecular complexity index is 406. The fraction of sp³-hybridized carbons (Fsp3) is 0.647. The largest absolute Gasteiger partial charge is 0.372 e. The molecule has 0 aliphatic carbocycles. The van der Waals surface area contributed by atoms with Crippen LogP contribution in [0.4, 0.5) is 0 Å². The minimum Gasteiger partial charge on any atom is -0.372 e. The zero-order valence-electron chi connectivity index (χ0n) is 13.1. The quantitative estimate of drug-likeness (QED) is 0.828. The molecule has 2 rings (SSSR count). The highest BCUT2D eigenvalue weighted by atomic mass is 16.5. The number of nitrogens with one attached hydrogen (secondary N) is 1. The smallest absolute Gasteiger partial charge is 0.0954 e. The van der Waals surface area contributed by atoms with E-state index in [9.17, 15) is 0 Å². The van der Waals surface area contributed by atoms with Crippen LogP contribution in [0.5, 0.6) is 0 Å². The number of hydrogen-bond acceptors (Lipinski definition) is 3. The molecule has 1 aliphatic heterocycles. The van der Waals surface area contributed by atoms with E-state index in [-0.39, 0.29) is 6.10 Å². The van der Waals surface area contributed by atoms with Gasteiger partial charge < -0.3 is 10.1 Å². The number of rotatable bonds is 7. The van der Waals surface area contributed by atoms with E-state index in [0.717, 1.165) is 39.2 Å². The van der Waals surface area contributed by atoms with E-state index in [4.69, 9.17) is 4.74 Å². The van der Waals surface area contributed by atoms with E-state index in [1.54, 1.807) is 0 Å². The highest BCUT2D eigenvalue weighted by Crippen LogP contribution is 2.27. The molecule has 0 aromatic heterocycles. The van der Waals surface area contributed by atoms with Gasteiger partial charge in [-0.25, -0.2) is 0 Å². The van der Waals surface area contributed by atoms with Gasteiger partial charge in [0.1, 0.15) is 0 Å². The van der Waals surface area contributed by atoms with Crippen LogP contribution in [0.2, 0.25) is 0 Å². The van der Waals surface area contributed by atoms with Crippen molar-refractivity contribution in [3.8, 4) is 0 Å². The maximum Gasteiger partial charge on any atom is 0.0954 e. The Hall–Kier alpha value is -0.900. The van der Waals surface area contributed by atoms with Gasteiger partial charge >= 0.3 is 0 Å². The van der Waals surface area contributed by atoms with Crippen LogP contribution in [0.25, 0.3) is 0 Å². The topological polar surface area (TPSA) is 24.5 Å². The third-order valence-electron chi connectivity index (χ3n) is 3.94. The first-order valence-corrected chi connectivity index (χ1v) is 7.85. The number of benzene rings is 1. The van der Waals surface area contributed by atoms with Crippen LogP contribution in [-0.4, -0.2) is 43.7 Å². The lowest BCUT2D eigenvalue weighted by Crippen LogP contribution is -2.38. The molecule has 0 fully saturated rings. The van der Waals surface area contributed by atoms with Crippen molar-refractivity contribution in [2.45, 2.75) is 39.3 Å². The highest BCUT2D eigenvalue weighted by Gasteiger charge is 2.22. The van der Waals surface area contributed by atoms with Gasteiger partial charge in [0.15, 0.2) is 0 Å². The van der Waals surface area contributed by atoms with Crippen LogP contribution in [0.15, 0.2) is 24.3 Å². The van der Waals surface area contributed by atoms with E-state index < -0.39 is 0 Å². The summed E-state index contributed by atoms with van der Waals surface area (Å²) in [5.74, 6) is 0. The van der Waals surface area contributed by atoms with Gasteiger partial charge in [0.05, 0.1) is 12.7 Å². The Labute approximate surface area is 123 Å². The molecule has 0 saturated carbocycles. The van der Waals surface area contributed by atoms with Crippen molar-refractivity contribution in [1.82, 2.24) is 10.2 Å². The lowest BCUT2D eigenvalue weighted by atomic mass is 9.97. The molecule has 1 atom stereocenters. The van der Waals surface area contributed by atoms with E-state index in [1.165, 1.54) is 11.1 Å². The Morgan fingerprint density at radius 3 is 2.90 bits per heavy atom. The van der Waals surface area contributed by atoms with Gasteiger partial charge in [0, 0.05) is 25.7 Å². The van der Waals surface area contributed by atoms with Crippen molar-refractivity contribution in [1.29, 1.82) is 0 Å². The summed E-state index contributed by atoms with van der Waals surface area (Å²) in [5, 5.41) is 3.48. The van der Waals surface area contributed by atoms with Gasteiger partial charge in [-0.3, -0.25) is 4.90 Å². The van der Waals surface area contributed by atoms with Gasteiger partial charge in [-0.1, -0.05) is 45.0 Å². The van der Waals surface area contributed by atoms with E-state index in [1.807, 2.05) is 0 Å². The van der Waals surface area contributed by atoms with Gasteiger partial charge in [-0.2, -0.15) is 0 Å². The molecule has 3 heteroatoms. The standard InChI is InChI=1S/C17H28N2O/c1-4-19(11-10-18-14(2)3)13-17-16-8-6-5-7-15(16)9-12-20-17/h5-8,14,17-18H,4,9-13H2,1-3H3. The second-order valence-corrected chi connectivity index (χ2v) is 5.81. The maximum atomic E-state index is 6.00. The van der Waals surface area contributed by atoms with Gasteiger partial charge in [-0.15, -0.1) is 0 Å². The first kappa shape index (κ1) is 15.5. The Balaban J connectivity index is 1.91. The van der Waals surface area contributed by atoms with Crippen molar-refractivity contribution in [3.05, 3.63) is 35.4 Å². The van der Waals surface area contributed by atoms with Crippen LogP contribution in [0.1, 0.15) is 38.0 Å². The first-order chi connectivity index (χ1) is 9.70.